The van der Waals surface area contributed by atoms with Gasteiger partial charge in [0.2, 0.25) is 5.91 Å². The van der Waals surface area contributed by atoms with Crippen molar-refractivity contribution in [1.29, 1.82) is 0 Å². The van der Waals surface area contributed by atoms with Crippen LogP contribution in [-0.2, 0) is 9.53 Å². The van der Waals surface area contributed by atoms with Crippen LogP contribution in [0.5, 0.6) is 0 Å². The molecule has 1 heterocycles. The van der Waals surface area contributed by atoms with Gasteiger partial charge >= 0.3 is 0 Å². The van der Waals surface area contributed by atoms with Gasteiger partial charge in [-0.25, -0.2) is 0 Å². The van der Waals surface area contributed by atoms with Crippen LogP contribution in [0, 0.1) is 17.3 Å². The van der Waals surface area contributed by atoms with Gasteiger partial charge in [0.15, 0.2) is 0 Å². The lowest BCUT2D eigenvalue weighted by Gasteiger charge is -2.39. The minimum atomic E-state index is -0.897. The highest BCUT2D eigenvalue weighted by Gasteiger charge is 2.33. The molecule has 0 aromatic heterocycles. The number of amides is 1. The lowest BCUT2D eigenvalue weighted by atomic mass is 9.67. The van der Waals surface area contributed by atoms with Crippen LogP contribution in [0.4, 0.5) is 0 Å². The topological polar surface area (TPSA) is 61.8 Å². The summed E-state index contributed by atoms with van der Waals surface area (Å²) in [5.74, 6) is 1.23. The molecule has 2 fully saturated rings. The Labute approximate surface area is 147 Å². The van der Waals surface area contributed by atoms with Crippen molar-refractivity contribution in [1.82, 2.24) is 10.2 Å². The van der Waals surface area contributed by atoms with E-state index >= 15 is 0 Å². The number of β-amino-alcohol motifs (C(OH)–C–C–N with tert-alkyl or cyclic N) is 1. The summed E-state index contributed by atoms with van der Waals surface area (Å²) in [6, 6.07) is 0. The molecule has 1 saturated carbocycles. The van der Waals surface area contributed by atoms with Crippen molar-refractivity contribution >= 4 is 5.91 Å². The maximum Gasteiger partial charge on any atom is 0.220 e. The number of ether oxygens (including phenoxy) is 1. The fourth-order valence-corrected chi connectivity index (χ4v) is 4.62. The van der Waals surface area contributed by atoms with Crippen LogP contribution in [0.1, 0.15) is 53.4 Å². The number of carbonyl (C=O) groups is 1. The van der Waals surface area contributed by atoms with E-state index < -0.39 is 5.60 Å². The predicted octanol–water partition coefficient (Wildman–Crippen LogP) is 2.04. The Morgan fingerprint density at radius 3 is 2.62 bits per heavy atom. The predicted molar refractivity (Wildman–Crippen MR) is 95.8 cm³/mol. The number of hydrogen-bond donors (Lipinski definition) is 2. The van der Waals surface area contributed by atoms with Crippen LogP contribution >= 0.6 is 0 Å². The first-order valence-corrected chi connectivity index (χ1v) is 9.44. The molecule has 0 aromatic carbocycles. The van der Waals surface area contributed by atoms with E-state index in [9.17, 15) is 9.90 Å². The van der Waals surface area contributed by atoms with Gasteiger partial charge in [-0.1, -0.05) is 20.8 Å². The van der Waals surface area contributed by atoms with E-state index in [1.807, 2.05) is 0 Å². The Morgan fingerprint density at radius 1 is 1.33 bits per heavy atom. The van der Waals surface area contributed by atoms with Crippen LogP contribution in [0.15, 0.2) is 0 Å². The first-order valence-electron chi connectivity index (χ1n) is 9.44. The van der Waals surface area contributed by atoms with E-state index in [0.29, 0.717) is 36.8 Å². The first kappa shape index (κ1) is 19.7. The first-order chi connectivity index (χ1) is 11.2. The van der Waals surface area contributed by atoms with Gasteiger partial charge in [-0.2, -0.15) is 0 Å². The molecule has 3 atom stereocenters. The van der Waals surface area contributed by atoms with E-state index in [1.165, 1.54) is 6.42 Å². The van der Waals surface area contributed by atoms with Crippen molar-refractivity contribution in [2.24, 2.45) is 17.3 Å². The number of hydrogen-bond acceptors (Lipinski definition) is 4. The zero-order valence-corrected chi connectivity index (χ0v) is 15.9. The molecule has 3 unspecified atom stereocenters. The number of aliphatic hydroxyl groups is 1. The highest BCUT2D eigenvalue weighted by molar-refractivity contribution is 5.76. The van der Waals surface area contributed by atoms with Crippen LogP contribution in [0.3, 0.4) is 0 Å². The average molecular weight is 341 g/mol. The summed E-state index contributed by atoms with van der Waals surface area (Å²) in [5.41, 5.74) is -0.559. The molecule has 1 saturated heterocycles. The molecule has 0 spiro atoms. The van der Waals surface area contributed by atoms with E-state index in [4.69, 9.17) is 4.74 Å². The van der Waals surface area contributed by atoms with Crippen LogP contribution in [-0.4, -0.2) is 60.9 Å². The monoisotopic (exact) mass is 340 g/mol. The largest absolute Gasteiger partial charge is 0.387 e. The van der Waals surface area contributed by atoms with Crippen molar-refractivity contribution in [2.75, 3.05) is 39.4 Å². The molecule has 5 nitrogen and oxygen atoms in total. The van der Waals surface area contributed by atoms with E-state index in [2.05, 4.69) is 31.0 Å². The second-order valence-electron chi connectivity index (χ2n) is 9.15. The number of nitrogens with zero attached hydrogens (tertiary/aromatic N) is 1. The fraction of sp³-hybridized carbons (Fsp3) is 0.947. The molecular weight excluding hydrogens is 304 g/mol. The molecule has 0 aromatic rings. The molecule has 1 aliphatic carbocycles. The number of rotatable bonds is 6. The van der Waals surface area contributed by atoms with Crippen molar-refractivity contribution in [2.45, 2.75) is 59.0 Å². The maximum atomic E-state index is 12.3. The third-order valence-electron chi connectivity index (χ3n) is 5.29. The zero-order chi connectivity index (χ0) is 17.8. The molecule has 24 heavy (non-hydrogen) atoms. The number of carbonyl (C=O) groups excluding carboxylic acids is 1. The third kappa shape index (κ3) is 6.69. The minimum Gasteiger partial charge on any atom is -0.387 e. The highest BCUT2D eigenvalue weighted by atomic mass is 16.5. The van der Waals surface area contributed by atoms with Crippen molar-refractivity contribution in [3.63, 3.8) is 0 Å². The summed E-state index contributed by atoms with van der Waals surface area (Å²) in [5, 5.41) is 13.5. The quantitative estimate of drug-likeness (QED) is 0.777. The van der Waals surface area contributed by atoms with Gasteiger partial charge in [-0.15, -0.1) is 0 Å². The van der Waals surface area contributed by atoms with Crippen LogP contribution in [0.25, 0.3) is 0 Å². The molecule has 2 N–H and O–H groups in total. The van der Waals surface area contributed by atoms with Crippen LogP contribution in [0.2, 0.25) is 0 Å². The number of nitrogens with one attached hydrogen (secondary N) is 1. The average Bonchev–Trinajstić information content (AvgIpc) is 2.43. The second kappa shape index (κ2) is 8.15. The molecule has 0 bridgehead atoms. The van der Waals surface area contributed by atoms with Crippen LogP contribution < -0.4 is 5.32 Å². The van der Waals surface area contributed by atoms with Gasteiger partial charge in [0.25, 0.3) is 0 Å². The van der Waals surface area contributed by atoms with Gasteiger partial charge in [0.05, 0.1) is 18.8 Å². The summed E-state index contributed by atoms with van der Waals surface area (Å²) in [4.78, 5) is 14.5. The summed E-state index contributed by atoms with van der Waals surface area (Å²) in [6.07, 6.45) is 4.09. The van der Waals surface area contributed by atoms with E-state index in [1.54, 1.807) is 6.92 Å². The molecule has 1 aliphatic heterocycles. The minimum absolute atomic E-state index is 0.0761. The lowest BCUT2D eigenvalue weighted by Crippen LogP contribution is -2.51. The third-order valence-corrected chi connectivity index (χ3v) is 5.29. The second-order valence-corrected chi connectivity index (χ2v) is 9.15. The molecule has 0 radical (unpaired) electrons. The summed E-state index contributed by atoms with van der Waals surface area (Å²) in [6.45, 7) is 12.7. The molecule has 2 aliphatic rings. The van der Waals surface area contributed by atoms with E-state index in [-0.39, 0.29) is 5.91 Å². The Kier molecular flexibility index (Phi) is 6.68. The zero-order valence-electron chi connectivity index (χ0n) is 15.9. The molecule has 1 amide bonds. The summed E-state index contributed by atoms with van der Waals surface area (Å²) in [7, 11) is 0. The lowest BCUT2D eigenvalue weighted by molar-refractivity contribution is -0.124. The maximum absolute atomic E-state index is 12.3. The summed E-state index contributed by atoms with van der Waals surface area (Å²) >= 11 is 0. The highest BCUT2D eigenvalue weighted by Crippen LogP contribution is 2.42. The fourth-order valence-electron chi connectivity index (χ4n) is 4.62. The molecule has 2 rings (SSSR count). The molecular formula is C19H36N2O3. The normalized spacial score (nSPS) is 30.5. The van der Waals surface area contributed by atoms with Gasteiger partial charge in [0.1, 0.15) is 0 Å². The van der Waals surface area contributed by atoms with Gasteiger partial charge in [-0.05, 0) is 43.4 Å². The van der Waals surface area contributed by atoms with Gasteiger partial charge in [-0.3, -0.25) is 9.69 Å². The van der Waals surface area contributed by atoms with Crippen molar-refractivity contribution < 1.29 is 14.6 Å². The Morgan fingerprint density at radius 2 is 2.00 bits per heavy atom. The van der Waals surface area contributed by atoms with E-state index in [0.717, 1.165) is 39.1 Å². The van der Waals surface area contributed by atoms with Gasteiger partial charge in [0, 0.05) is 32.6 Å². The standard InChI is InChI=1S/C19H36N2O3/c1-15-9-16(12-18(2,3)11-15)10-17(22)20-13-19(4,23)14-21-5-7-24-8-6-21/h15-16,23H,5-14H2,1-4H3,(H,20,22). The summed E-state index contributed by atoms with van der Waals surface area (Å²) < 4.78 is 5.33. The molecule has 140 valence electrons. The van der Waals surface area contributed by atoms with Crippen molar-refractivity contribution in [3.8, 4) is 0 Å². The SMILES string of the molecule is CC1CC(CC(=O)NCC(C)(O)CN2CCOCC2)CC(C)(C)C1. The smallest absolute Gasteiger partial charge is 0.220 e. The Hall–Kier alpha value is -0.650. The van der Waals surface area contributed by atoms with Crippen molar-refractivity contribution in [3.05, 3.63) is 0 Å². The van der Waals surface area contributed by atoms with Gasteiger partial charge < -0.3 is 15.2 Å². The Bertz CT molecular complexity index is 417. The number of morpholine rings is 1. The molecule has 5 heteroatoms. The Balaban J connectivity index is 1.73.